The second-order valence-corrected chi connectivity index (χ2v) is 34.8. The van der Waals surface area contributed by atoms with Crippen molar-refractivity contribution < 1.29 is 85.7 Å². The molecule has 708 valence electrons. The number of amides is 3. The molecule has 0 bridgehead atoms. The van der Waals surface area contributed by atoms with Crippen molar-refractivity contribution in [2.45, 2.75) is 141 Å². The highest BCUT2D eigenvalue weighted by Gasteiger charge is 2.43. The van der Waals surface area contributed by atoms with E-state index in [9.17, 15) is 67.1 Å². The smallest absolute Gasteiger partial charge is 0.418 e. The van der Waals surface area contributed by atoms with Gasteiger partial charge in [0, 0.05) is 135 Å². The Balaban J connectivity index is 0.000000168. The molecule has 6 N–H and O–H groups in total. The molecule has 43 heteroatoms. The number of benzene rings is 3. The number of nitrogen functional groups attached to an aromatic ring is 3. The molecule has 132 heavy (non-hydrogen) atoms. The van der Waals surface area contributed by atoms with Gasteiger partial charge in [-0.05, 0) is 204 Å². The van der Waals surface area contributed by atoms with Crippen LogP contribution in [-0.4, -0.2) is 261 Å². The number of ether oxygens (including phenoxy) is 3. The molecule has 12 heterocycles. The second kappa shape index (κ2) is 40.7. The van der Waals surface area contributed by atoms with Crippen molar-refractivity contribution in [2.24, 2.45) is 0 Å². The van der Waals surface area contributed by atoms with Crippen LogP contribution in [0, 0.1) is 26.6 Å². The van der Waals surface area contributed by atoms with Crippen LogP contribution in [0.15, 0.2) is 85.5 Å². The molecular weight excluding hydrogens is 1810 g/mol. The fourth-order valence-corrected chi connectivity index (χ4v) is 18.5. The molecule has 15 rings (SSSR count). The number of pyridine rings is 3. The van der Waals surface area contributed by atoms with E-state index in [2.05, 4.69) is 56.2 Å². The minimum atomic E-state index is -4.88. The van der Waals surface area contributed by atoms with E-state index in [4.69, 9.17) is 76.2 Å². The van der Waals surface area contributed by atoms with Gasteiger partial charge in [0.2, 0.25) is 17.7 Å². The van der Waals surface area contributed by atoms with Crippen molar-refractivity contribution in [3.63, 3.8) is 0 Å². The summed E-state index contributed by atoms with van der Waals surface area (Å²) in [6.45, 7) is 18.9. The monoisotopic (exact) mass is 1910 g/mol. The quantitative estimate of drug-likeness (QED) is 0.0472. The Morgan fingerprint density at radius 3 is 1.17 bits per heavy atom. The van der Waals surface area contributed by atoms with Crippen LogP contribution in [0.1, 0.15) is 92.7 Å². The van der Waals surface area contributed by atoms with Gasteiger partial charge in [-0.25, -0.2) is 32.5 Å². The molecule has 0 unspecified atom stereocenters. The largest absolute Gasteiger partial charge is 0.462 e. The number of piperazine rings is 3. The van der Waals surface area contributed by atoms with Crippen LogP contribution in [0.2, 0.25) is 15.1 Å². The molecule has 3 amide bonds. The minimum Gasteiger partial charge on any atom is -0.462 e. The van der Waals surface area contributed by atoms with Crippen molar-refractivity contribution >= 4 is 120 Å². The molecular formula is C89H99Cl3F13N21O6. The Hall–Kier alpha value is -11.2. The zero-order valence-corrected chi connectivity index (χ0v) is 75.9. The Kier molecular flexibility index (Phi) is 30.3. The third kappa shape index (κ3) is 22.0. The predicted octanol–water partition coefficient (Wildman–Crippen LogP) is 16.0. The lowest BCUT2D eigenvalue weighted by Gasteiger charge is -2.40. The van der Waals surface area contributed by atoms with Crippen molar-refractivity contribution in [2.75, 3.05) is 158 Å². The first kappa shape index (κ1) is 98.3. The minimum absolute atomic E-state index is 0.00713. The van der Waals surface area contributed by atoms with E-state index < -0.39 is 77.0 Å². The van der Waals surface area contributed by atoms with Crippen LogP contribution >= 0.6 is 34.8 Å². The molecule has 6 aliphatic heterocycles. The lowest BCUT2D eigenvalue weighted by atomic mass is 9.99. The number of allylic oxidation sites excluding steroid dienone is 2. The van der Waals surface area contributed by atoms with E-state index in [0.717, 1.165) is 82.4 Å². The van der Waals surface area contributed by atoms with Crippen LogP contribution in [0.3, 0.4) is 0 Å². The number of fused-ring (bicyclic) bond motifs is 3. The maximum absolute atomic E-state index is 16.6. The van der Waals surface area contributed by atoms with E-state index in [-0.39, 0.29) is 194 Å². The summed E-state index contributed by atoms with van der Waals surface area (Å²) in [6.07, 6.45) is -6.16. The number of nitrogens with zero attached hydrogens (tertiary/aromatic N) is 18. The SMILES string of the molecule is C=CC(=O)N1CCN(c2nc(OC[C@@H]3CCCN3C)nc3cc(-c4nc(N)cc(C)c4C(F)(F)F)c(Cl)cc23)[C@@H](C)C1.Cc1cc(N)nc(-c2c(Cl)cc3c(N4CCN(C(=O)/C=C/CF)C[C@@H]4C)nc(OC[C@@H]4CCCN4C)nc3c2F)c1C(F)(F)F.Cc1cc(N)nc(-c2cc3nc(OC[C@@H]4CCCN4C)nc(N4CCN(C(=O)/C=C/C(F)F)C[C@@H]4C)c3cc2Cl)c1C(F)(F)F. The topological polar surface area (TPSA) is 302 Å². The first-order chi connectivity index (χ1) is 62.4. The molecule has 6 aliphatic rings. The van der Waals surface area contributed by atoms with E-state index >= 15 is 4.39 Å². The van der Waals surface area contributed by atoms with Crippen molar-refractivity contribution in [3.8, 4) is 51.8 Å². The normalized spacial score (nSPS) is 19.8. The molecule has 0 spiro atoms. The highest BCUT2D eigenvalue weighted by Crippen LogP contribution is 2.49. The zero-order valence-electron chi connectivity index (χ0n) is 73.6. The summed E-state index contributed by atoms with van der Waals surface area (Å²) in [7, 11) is 6.00. The molecule has 0 radical (unpaired) electrons. The van der Waals surface area contributed by atoms with Crippen molar-refractivity contribution in [3.05, 3.63) is 140 Å². The van der Waals surface area contributed by atoms with Gasteiger partial charge in [0.25, 0.3) is 6.43 Å². The highest BCUT2D eigenvalue weighted by molar-refractivity contribution is 6.35. The number of carbonyl (C=O) groups excluding carboxylic acids is 3. The summed E-state index contributed by atoms with van der Waals surface area (Å²) in [4.78, 5) is 93.8. The standard InChI is InChI=1S/2C30H33ClF5N7O2.C29H33ClF3N7O2/c1-16-12-21(37)38-27(24(16)30(34,35)36)23-20(31)13-19-26(25(23)33)39-29(45-15-18-6-5-9-41(18)3)40-28(19)43-11-10-42(14-17(43)2)22(44)7-4-8-32;1-16-11-24(37)39-27(26(16)30(34,35)36)19-13-22-20(12-21(19)31)28(40-29(38-22)45-15-18-5-4-8-41(18)3)43-10-9-42(14-17(43)2)25(44)7-6-23(32)33;1-5-24(41)39-9-10-40(17(3)14-39)27-20-12-21(30)19(26-25(29(31,32)33)16(2)11-23(34)36-26)13-22(20)35-28(37-27)42-15-18-7-6-8-38(18)4/h4,7,12-13,17-18H,5-6,8-11,14-15H2,1-3H3,(H2,37,38);6-7,11-13,17-18,23H,4-5,8-10,14-15H2,1-3H3,(H2,37,39);5,11-13,17-18H,1,6-10,14-15H2,2-4H3,(H2,34,36)/b7-4+;7-6+;/t3*17-,18-/m000/s1. The second-order valence-electron chi connectivity index (χ2n) is 33.6. The highest BCUT2D eigenvalue weighted by atomic mass is 35.5. The van der Waals surface area contributed by atoms with Gasteiger partial charge < -0.3 is 75.5 Å². The van der Waals surface area contributed by atoms with E-state index in [1.165, 1.54) is 68.2 Å². The molecule has 6 saturated heterocycles. The van der Waals surface area contributed by atoms with Gasteiger partial charge in [0.15, 0.2) is 5.82 Å². The van der Waals surface area contributed by atoms with Gasteiger partial charge in [-0.3, -0.25) is 14.4 Å². The van der Waals surface area contributed by atoms with Crippen LogP contribution in [0.25, 0.3) is 66.5 Å². The first-order valence-electron chi connectivity index (χ1n) is 42.6. The summed E-state index contributed by atoms with van der Waals surface area (Å²) in [5, 5.41) is 0.822. The summed E-state index contributed by atoms with van der Waals surface area (Å²) < 4.78 is 200. The maximum Gasteiger partial charge on any atom is 0.418 e. The van der Waals surface area contributed by atoms with Crippen LogP contribution in [0.4, 0.5) is 92.0 Å². The number of rotatable bonds is 20. The number of hydrogen-bond donors (Lipinski definition) is 3. The first-order valence-corrected chi connectivity index (χ1v) is 43.8. The van der Waals surface area contributed by atoms with Crippen LogP contribution in [0.5, 0.6) is 18.0 Å². The Morgan fingerprint density at radius 2 is 0.826 bits per heavy atom. The van der Waals surface area contributed by atoms with Crippen LogP contribution < -0.4 is 46.1 Å². The van der Waals surface area contributed by atoms with Gasteiger partial charge >= 0.3 is 36.6 Å². The fourth-order valence-electron chi connectivity index (χ4n) is 17.7. The molecule has 9 aromatic rings. The lowest BCUT2D eigenvalue weighted by Crippen LogP contribution is -2.53. The molecule has 6 fully saturated rings. The number of halogens is 16. The Bertz CT molecular complexity index is 5900. The number of carbonyl (C=O) groups is 3. The third-order valence-electron chi connectivity index (χ3n) is 24.4. The lowest BCUT2D eigenvalue weighted by molar-refractivity contribution is -0.138. The summed E-state index contributed by atoms with van der Waals surface area (Å²) in [5.74, 6) is -1.37. The van der Waals surface area contributed by atoms with Gasteiger partial charge in [0.1, 0.15) is 66.9 Å². The van der Waals surface area contributed by atoms with Gasteiger partial charge in [-0.15, -0.1) is 0 Å². The number of nitrogens with two attached hydrogens (primary N) is 3. The number of aromatic nitrogens is 9. The summed E-state index contributed by atoms with van der Waals surface area (Å²) >= 11 is 19.9. The van der Waals surface area contributed by atoms with E-state index in [1.54, 1.807) is 15.9 Å². The van der Waals surface area contributed by atoms with Crippen LogP contribution in [-0.2, 0) is 32.9 Å². The van der Waals surface area contributed by atoms with E-state index in [1.807, 2.05) is 56.6 Å². The molecule has 27 nitrogen and oxygen atoms in total. The number of aryl methyl sites for hydroxylation is 3. The van der Waals surface area contributed by atoms with Crippen molar-refractivity contribution in [1.29, 1.82) is 0 Å². The van der Waals surface area contributed by atoms with Crippen molar-refractivity contribution in [1.82, 2.24) is 74.3 Å². The molecule has 0 aliphatic carbocycles. The number of likely N-dealkylation sites (N-methyl/N-ethyl adjacent to an activating group) is 3. The van der Waals surface area contributed by atoms with Gasteiger partial charge in [-0.2, -0.15) is 69.4 Å². The molecule has 6 aromatic heterocycles. The number of alkyl halides is 12. The number of hydrogen-bond acceptors (Lipinski definition) is 24. The molecule has 0 saturated carbocycles. The predicted molar refractivity (Wildman–Crippen MR) is 480 cm³/mol. The average molecular weight is 1910 g/mol. The summed E-state index contributed by atoms with van der Waals surface area (Å²) in [6, 6.07) is 10.3. The van der Waals surface area contributed by atoms with E-state index in [0.29, 0.717) is 73.4 Å². The molecule has 3 aromatic carbocycles. The third-order valence-corrected chi connectivity index (χ3v) is 25.3. The van der Waals surface area contributed by atoms with Gasteiger partial charge in [0.05, 0.1) is 65.4 Å². The Morgan fingerprint density at radius 1 is 0.477 bits per heavy atom. The maximum atomic E-state index is 16.6. The zero-order chi connectivity index (χ0) is 95.6. The van der Waals surface area contributed by atoms with Gasteiger partial charge in [-0.1, -0.05) is 41.4 Å². The Labute approximate surface area is 767 Å². The number of likely N-dealkylation sites (tertiary alicyclic amines) is 3. The number of anilines is 6. The summed E-state index contributed by atoms with van der Waals surface area (Å²) in [5.41, 5.74) is 12.3. The fraction of sp³-hybridized carbons (Fsp3) is 0.461. The average Bonchev–Trinajstić information content (AvgIpc) is 0.780. The molecule has 6 atom stereocenters.